The molecular formula is C26H20Cl2N3NaO6S. The molecule has 0 aliphatic rings. The SMILES string of the molecule is CCc1ccc(Cl)c(S(=O)(=O)O)c1N=Nc1c([O-])c(C(=O)Nc2ccc(OC)c(Cl)c2)cc2ccccc12.[Na+]. The maximum absolute atomic E-state index is 13.5. The van der Waals surface area contributed by atoms with E-state index in [1.54, 1.807) is 49.4 Å². The molecule has 9 nitrogen and oxygen atoms in total. The van der Waals surface area contributed by atoms with Crippen molar-refractivity contribution >= 4 is 67.1 Å². The number of rotatable bonds is 7. The fraction of sp³-hybridized carbons (Fsp3) is 0.115. The molecule has 2 N–H and O–H groups in total. The fourth-order valence-corrected chi connectivity index (χ4v) is 5.28. The molecule has 0 spiro atoms. The van der Waals surface area contributed by atoms with Gasteiger partial charge in [-0.3, -0.25) is 9.35 Å². The summed E-state index contributed by atoms with van der Waals surface area (Å²) >= 11 is 12.2. The van der Waals surface area contributed by atoms with Crippen molar-refractivity contribution in [1.82, 2.24) is 0 Å². The number of nitrogens with zero attached hydrogens (tertiary/aromatic N) is 2. The molecule has 4 aromatic carbocycles. The van der Waals surface area contributed by atoms with E-state index in [1.807, 2.05) is 0 Å². The van der Waals surface area contributed by atoms with Crippen molar-refractivity contribution in [1.29, 1.82) is 0 Å². The minimum Gasteiger partial charge on any atom is -0.870 e. The van der Waals surface area contributed by atoms with Crippen LogP contribution in [0.3, 0.4) is 0 Å². The number of aryl methyl sites for hydroxylation is 1. The van der Waals surface area contributed by atoms with Gasteiger partial charge < -0.3 is 15.2 Å². The molecule has 0 atom stereocenters. The summed E-state index contributed by atoms with van der Waals surface area (Å²) in [6, 6.07) is 15.6. The Labute approximate surface area is 256 Å². The Morgan fingerprint density at radius 2 is 1.72 bits per heavy atom. The Kier molecular flexibility index (Phi) is 10.0. The van der Waals surface area contributed by atoms with Crippen LogP contribution in [0.25, 0.3) is 10.8 Å². The number of carbonyl (C=O) groups is 1. The van der Waals surface area contributed by atoms with Crippen molar-refractivity contribution in [2.24, 2.45) is 10.2 Å². The van der Waals surface area contributed by atoms with Crippen LogP contribution in [0, 0.1) is 0 Å². The number of azo groups is 1. The van der Waals surface area contributed by atoms with Gasteiger partial charge >= 0.3 is 29.6 Å². The minimum absolute atomic E-state index is 0. The van der Waals surface area contributed by atoms with Crippen molar-refractivity contribution in [3.05, 3.63) is 81.8 Å². The molecule has 196 valence electrons. The summed E-state index contributed by atoms with van der Waals surface area (Å²) in [5.41, 5.74) is 0.146. The van der Waals surface area contributed by atoms with Gasteiger partial charge in [-0.05, 0) is 47.7 Å². The van der Waals surface area contributed by atoms with Crippen LogP contribution in [-0.4, -0.2) is 26.0 Å². The summed E-state index contributed by atoms with van der Waals surface area (Å²) in [4.78, 5) is 12.5. The molecule has 1 amide bonds. The molecule has 4 rings (SSSR count). The van der Waals surface area contributed by atoms with E-state index < -0.39 is 26.7 Å². The number of benzene rings is 4. The van der Waals surface area contributed by atoms with Crippen LogP contribution in [-0.2, 0) is 16.5 Å². The van der Waals surface area contributed by atoms with Crippen LogP contribution < -0.4 is 44.7 Å². The molecular weight excluding hydrogens is 576 g/mol. The summed E-state index contributed by atoms with van der Waals surface area (Å²) in [6.07, 6.45) is 0.339. The van der Waals surface area contributed by atoms with Gasteiger partial charge in [0.2, 0.25) is 0 Å². The number of amides is 1. The number of nitrogens with one attached hydrogen (secondary N) is 1. The predicted molar refractivity (Wildman–Crippen MR) is 144 cm³/mol. The topological polar surface area (TPSA) is 140 Å². The second-order valence-corrected chi connectivity index (χ2v) is 10.2. The molecule has 0 heterocycles. The van der Waals surface area contributed by atoms with Gasteiger partial charge in [0.25, 0.3) is 16.0 Å². The van der Waals surface area contributed by atoms with Crippen molar-refractivity contribution < 1.29 is 57.2 Å². The van der Waals surface area contributed by atoms with Gasteiger partial charge in [0.05, 0.1) is 22.8 Å². The molecule has 0 aliphatic heterocycles. The van der Waals surface area contributed by atoms with E-state index >= 15 is 0 Å². The van der Waals surface area contributed by atoms with Crippen LogP contribution >= 0.6 is 23.2 Å². The van der Waals surface area contributed by atoms with E-state index in [0.717, 1.165) is 0 Å². The van der Waals surface area contributed by atoms with Gasteiger partial charge in [-0.25, -0.2) is 0 Å². The molecule has 0 fully saturated rings. The number of halogens is 2. The average Bonchev–Trinajstić information content (AvgIpc) is 2.87. The maximum atomic E-state index is 13.5. The van der Waals surface area contributed by atoms with Gasteiger partial charge in [-0.1, -0.05) is 66.2 Å². The fourth-order valence-electron chi connectivity index (χ4n) is 3.85. The second-order valence-electron chi connectivity index (χ2n) is 8.04. The zero-order valence-corrected chi connectivity index (χ0v) is 25.4. The Morgan fingerprint density at radius 1 is 1.03 bits per heavy atom. The maximum Gasteiger partial charge on any atom is 1.00 e. The summed E-state index contributed by atoms with van der Waals surface area (Å²) in [5, 5.41) is 25.1. The smallest absolute Gasteiger partial charge is 0.870 e. The quantitative estimate of drug-likeness (QED) is 0.189. The first-order chi connectivity index (χ1) is 18.0. The van der Waals surface area contributed by atoms with Crippen LogP contribution in [0.15, 0.2) is 75.8 Å². The standard InChI is InChI=1S/C26H21Cl2N3O6S.Na/c1-3-14-8-10-19(27)25(38(34,35)36)22(14)30-31-23-17-7-5-4-6-15(17)12-18(24(23)32)26(33)29-16-9-11-21(37-2)20(28)13-16;/h4-13,32H,3H2,1-2H3,(H,29,33)(H,34,35,36);/q;+1/p-1. The third kappa shape index (κ3) is 6.55. The van der Waals surface area contributed by atoms with Crippen molar-refractivity contribution in [3.63, 3.8) is 0 Å². The number of ether oxygens (including phenoxy) is 1. The van der Waals surface area contributed by atoms with Crippen LogP contribution in [0.1, 0.15) is 22.8 Å². The second kappa shape index (κ2) is 12.6. The number of fused-ring (bicyclic) bond motifs is 1. The van der Waals surface area contributed by atoms with Crippen molar-refractivity contribution in [2.75, 3.05) is 12.4 Å². The summed E-state index contributed by atoms with van der Waals surface area (Å²) < 4.78 is 39.0. The largest absolute Gasteiger partial charge is 1.00 e. The van der Waals surface area contributed by atoms with Crippen molar-refractivity contribution in [3.8, 4) is 11.5 Å². The van der Waals surface area contributed by atoms with E-state index in [0.29, 0.717) is 34.2 Å². The van der Waals surface area contributed by atoms with Gasteiger partial charge in [0.15, 0.2) is 0 Å². The summed E-state index contributed by atoms with van der Waals surface area (Å²) in [7, 11) is -3.31. The van der Waals surface area contributed by atoms with E-state index in [-0.39, 0.29) is 56.5 Å². The first-order valence-electron chi connectivity index (χ1n) is 11.1. The number of carbonyl (C=O) groups excluding carboxylic acids is 1. The molecule has 4 aromatic rings. The zero-order chi connectivity index (χ0) is 27.6. The van der Waals surface area contributed by atoms with Gasteiger partial charge in [-0.15, -0.1) is 5.11 Å². The first-order valence-corrected chi connectivity index (χ1v) is 13.3. The van der Waals surface area contributed by atoms with Crippen molar-refractivity contribution in [2.45, 2.75) is 18.2 Å². The Balaban J connectivity index is 0.00000420. The molecule has 13 heteroatoms. The third-order valence-corrected chi connectivity index (χ3v) is 7.34. The normalized spacial score (nSPS) is 11.4. The Morgan fingerprint density at radius 3 is 2.36 bits per heavy atom. The molecule has 0 saturated heterocycles. The molecule has 0 aromatic heterocycles. The predicted octanol–water partition coefficient (Wildman–Crippen LogP) is 3.71. The molecule has 0 unspecified atom stereocenters. The van der Waals surface area contributed by atoms with Crippen LogP contribution in [0.4, 0.5) is 17.1 Å². The van der Waals surface area contributed by atoms with Gasteiger partial charge in [0, 0.05) is 16.6 Å². The third-order valence-electron chi connectivity index (χ3n) is 5.69. The molecule has 0 radical (unpaired) electrons. The first kappa shape index (κ1) is 30.8. The van der Waals surface area contributed by atoms with E-state index in [4.69, 9.17) is 27.9 Å². The zero-order valence-electron chi connectivity index (χ0n) is 21.0. The van der Waals surface area contributed by atoms with Crippen LogP contribution in [0.5, 0.6) is 11.5 Å². The van der Waals surface area contributed by atoms with Gasteiger partial charge in [0.1, 0.15) is 16.3 Å². The Bertz CT molecular complexity index is 1710. The number of methoxy groups -OCH3 is 1. The average molecular weight is 596 g/mol. The van der Waals surface area contributed by atoms with E-state index in [1.165, 1.54) is 25.3 Å². The Hall–Kier alpha value is -2.70. The minimum atomic E-state index is -4.77. The molecule has 39 heavy (non-hydrogen) atoms. The summed E-state index contributed by atoms with van der Waals surface area (Å²) in [5.74, 6) is -1.04. The monoisotopic (exact) mass is 595 g/mol. The number of hydrogen-bond donors (Lipinski definition) is 2. The molecule has 0 saturated carbocycles. The molecule has 0 aliphatic carbocycles. The van der Waals surface area contributed by atoms with E-state index in [9.17, 15) is 22.9 Å². The number of anilines is 1. The summed E-state index contributed by atoms with van der Waals surface area (Å²) in [6.45, 7) is 1.75. The molecule has 0 bridgehead atoms. The number of hydrogen-bond acceptors (Lipinski definition) is 7. The van der Waals surface area contributed by atoms with E-state index in [2.05, 4.69) is 15.5 Å². The van der Waals surface area contributed by atoms with Crippen LogP contribution in [0.2, 0.25) is 10.0 Å². The van der Waals surface area contributed by atoms with Gasteiger partial charge in [-0.2, -0.15) is 13.5 Å².